The molecule has 3 nitrogen and oxygen atoms in total. The van der Waals surface area contributed by atoms with Crippen molar-refractivity contribution in [3.63, 3.8) is 0 Å². The van der Waals surface area contributed by atoms with Gasteiger partial charge in [-0.05, 0) is 37.8 Å². The number of carbonyl (C=O) groups is 1. The van der Waals surface area contributed by atoms with Gasteiger partial charge in [0.2, 0.25) is 0 Å². The molecule has 0 N–H and O–H groups in total. The van der Waals surface area contributed by atoms with Crippen molar-refractivity contribution < 1.29 is 9.53 Å². The fourth-order valence-corrected chi connectivity index (χ4v) is 3.27. The first-order chi connectivity index (χ1) is 8.27. The average Bonchev–Trinajstić information content (AvgIpc) is 2.48. The Labute approximate surface area is 114 Å². The molecule has 4 heteroatoms. The number of rotatable bonds is 0. The predicted molar refractivity (Wildman–Crippen MR) is 74.1 cm³/mol. The number of halogens is 1. The number of allylic oxidation sites excluding steroid dienone is 1. The molecule has 88 valence electrons. The van der Waals surface area contributed by atoms with Crippen LogP contribution >= 0.6 is 22.9 Å². The quantitative estimate of drug-likeness (QED) is 0.313. The maximum Gasteiger partial charge on any atom is 0.341 e. The van der Waals surface area contributed by atoms with Crippen LogP contribution in [0.2, 0.25) is 0 Å². The Morgan fingerprint density at radius 3 is 2.82 bits per heavy atom. The van der Waals surface area contributed by atoms with Crippen LogP contribution in [-0.4, -0.2) is 5.97 Å². The second kappa shape index (κ2) is 4.33. The smallest absolute Gasteiger partial charge is 0.341 e. The first-order valence-corrected chi connectivity index (χ1v) is 6.73. The molecule has 1 aromatic carbocycles. The summed E-state index contributed by atoms with van der Waals surface area (Å²) in [4.78, 5) is 12.0. The van der Waals surface area contributed by atoms with Gasteiger partial charge in [-0.15, -0.1) is 0 Å². The number of hydrogen-bond acceptors (Lipinski definition) is 3. The zero-order chi connectivity index (χ0) is 11.8. The van der Waals surface area contributed by atoms with Gasteiger partial charge in [0.05, 0.1) is 34.1 Å². The van der Waals surface area contributed by atoms with E-state index in [-0.39, 0.29) is 5.97 Å². The van der Waals surface area contributed by atoms with Crippen molar-refractivity contribution >= 4 is 34.5 Å². The number of carbonyl (C=O) groups excluding carboxylic acids is 1. The van der Waals surface area contributed by atoms with E-state index in [4.69, 9.17) is 4.74 Å². The highest BCUT2D eigenvalue weighted by Crippen LogP contribution is 2.41. The van der Waals surface area contributed by atoms with Gasteiger partial charge in [-0.25, -0.2) is 4.79 Å². The first-order valence-electron chi connectivity index (χ1n) is 5.76. The molecule has 1 aromatic rings. The number of ether oxygens (including phenoxy) is 1. The van der Waals surface area contributed by atoms with Crippen LogP contribution < -0.4 is 7.85 Å². The molecule has 0 saturated carbocycles. The van der Waals surface area contributed by atoms with Gasteiger partial charge in [-0.2, -0.15) is 0 Å². The van der Waals surface area contributed by atoms with Crippen LogP contribution in [0.5, 0.6) is 5.75 Å². The zero-order valence-electron chi connectivity index (χ0n) is 9.28. The van der Waals surface area contributed by atoms with E-state index < -0.39 is 0 Å². The number of hydrogen-bond donors (Lipinski definition) is 0. The molecule has 1 aliphatic heterocycles. The van der Waals surface area contributed by atoms with E-state index in [1.807, 2.05) is 24.3 Å². The van der Waals surface area contributed by atoms with Gasteiger partial charge in [0.15, 0.2) is 5.75 Å². The number of anilines is 1. The van der Waals surface area contributed by atoms with Gasteiger partial charge >= 0.3 is 5.97 Å². The van der Waals surface area contributed by atoms with E-state index in [1.54, 1.807) is 0 Å². The molecule has 0 spiro atoms. The van der Waals surface area contributed by atoms with Crippen LogP contribution in [0.25, 0.3) is 0 Å². The molecule has 0 radical (unpaired) electrons. The fraction of sp³-hybridized carbons (Fsp3) is 0.308. The van der Waals surface area contributed by atoms with Crippen molar-refractivity contribution in [1.82, 2.24) is 0 Å². The van der Waals surface area contributed by atoms with E-state index in [2.05, 4.69) is 26.0 Å². The van der Waals surface area contributed by atoms with Crippen molar-refractivity contribution in [3.8, 4) is 5.75 Å². The maximum absolute atomic E-state index is 12.0. The third-order valence-corrected chi connectivity index (χ3v) is 4.30. The Morgan fingerprint density at radius 1 is 1.18 bits per heavy atom. The van der Waals surface area contributed by atoms with Crippen LogP contribution in [0, 0.1) is 0 Å². The Morgan fingerprint density at radius 2 is 1.94 bits per heavy atom. The second-order valence-electron chi connectivity index (χ2n) is 4.27. The van der Waals surface area contributed by atoms with Gasteiger partial charge in [0, 0.05) is 5.70 Å². The number of nitrogens with zero attached hydrogens (tertiary/aromatic N) is 1. The number of benzene rings is 1. The van der Waals surface area contributed by atoms with Crippen molar-refractivity contribution in [3.05, 3.63) is 35.5 Å². The summed E-state index contributed by atoms with van der Waals surface area (Å²) >= 11 is 2.26. The Kier molecular flexibility index (Phi) is 2.82. The lowest BCUT2D eigenvalue weighted by Gasteiger charge is -2.23. The van der Waals surface area contributed by atoms with Crippen LogP contribution in [0.3, 0.4) is 0 Å². The maximum atomic E-state index is 12.0. The summed E-state index contributed by atoms with van der Waals surface area (Å²) in [6.45, 7) is 0. The minimum Gasteiger partial charge on any atom is -0.421 e. The molecule has 0 fully saturated rings. The molecule has 0 aromatic heterocycles. The monoisotopic (exact) mass is 341 g/mol. The second-order valence-corrected chi connectivity index (χ2v) is 5.24. The molecule has 0 atom stereocenters. The van der Waals surface area contributed by atoms with Crippen molar-refractivity contribution in [1.29, 1.82) is 0 Å². The SMILES string of the molecule is O=C1Oc2ccccc2N(I)C2=C1CCCC2. The molecule has 0 bridgehead atoms. The summed E-state index contributed by atoms with van der Waals surface area (Å²) < 4.78 is 7.53. The summed E-state index contributed by atoms with van der Waals surface area (Å²) in [5.74, 6) is 0.479. The lowest BCUT2D eigenvalue weighted by Crippen LogP contribution is -2.18. The molecule has 2 aliphatic rings. The molecular formula is C13H12INO2. The van der Waals surface area contributed by atoms with Crippen LogP contribution in [0.4, 0.5) is 5.69 Å². The van der Waals surface area contributed by atoms with Crippen molar-refractivity contribution in [2.75, 3.05) is 3.11 Å². The minimum absolute atomic E-state index is 0.175. The standard InChI is InChI=1S/C13H12INO2/c14-15-10-6-2-1-5-9(10)13(16)17-12-8-4-3-7-11(12)15/h3-4,7-8H,1-2,5-6H2. The fourth-order valence-electron chi connectivity index (χ4n) is 2.34. The van der Waals surface area contributed by atoms with Gasteiger partial charge in [-0.3, -0.25) is 3.11 Å². The first kappa shape index (κ1) is 11.1. The van der Waals surface area contributed by atoms with Gasteiger partial charge in [0.1, 0.15) is 0 Å². The van der Waals surface area contributed by atoms with Crippen molar-refractivity contribution in [2.24, 2.45) is 0 Å². The third kappa shape index (κ3) is 1.84. The van der Waals surface area contributed by atoms with Crippen molar-refractivity contribution in [2.45, 2.75) is 25.7 Å². The largest absolute Gasteiger partial charge is 0.421 e. The molecule has 3 rings (SSSR count). The highest BCUT2D eigenvalue weighted by Gasteiger charge is 2.29. The lowest BCUT2D eigenvalue weighted by atomic mass is 9.96. The molecule has 0 amide bonds. The third-order valence-electron chi connectivity index (χ3n) is 3.20. The van der Waals surface area contributed by atoms with E-state index in [0.717, 1.165) is 42.6 Å². The van der Waals surface area contributed by atoms with Gasteiger partial charge < -0.3 is 4.74 Å². The normalized spacial score (nSPS) is 19.4. The van der Waals surface area contributed by atoms with Crippen LogP contribution in [0.1, 0.15) is 25.7 Å². The average molecular weight is 341 g/mol. The van der Waals surface area contributed by atoms with Crippen LogP contribution in [-0.2, 0) is 4.79 Å². The van der Waals surface area contributed by atoms with E-state index >= 15 is 0 Å². The zero-order valence-corrected chi connectivity index (χ0v) is 11.4. The topological polar surface area (TPSA) is 29.5 Å². The molecular weight excluding hydrogens is 329 g/mol. The summed E-state index contributed by atoms with van der Waals surface area (Å²) in [5.41, 5.74) is 2.93. The molecule has 0 unspecified atom stereocenters. The Bertz CT molecular complexity index is 510. The van der Waals surface area contributed by atoms with Crippen LogP contribution in [0.15, 0.2) is 35.5 Å². The summed E-state index contributed by atoms with van der Waals surface area (Å²) in [6.07, 6.45) is 4.02. The number of fused-ring (bicyclic) bond motifs is 1. The predicted octanol–water partition coefficient (Wildman–Crippen LogP) is 3.59. The van der Waals surface area contributed by atoms with Gasteiger partial charge in [0.25, 0.3) is 0 Å². The van der Waals surface area contributed by atoms with E-state index in [0.29, 0.717) is 5.75 Å². The van der Waals surface area contributed by atoms with Gasteiger partial charge in [-0.1, -0.05) is 12.1 Å². The molecule has 1 aliphatic carbocycles. The molecule has 0 saturated heterocycles. The van der Waals surface area contributed by atoms with E-state index in [1.165, 1.54) is 0 Å². The van der Waals surface area contributed by atoms with E-state index in [9.17, 15) is 4.79 Å². The molecule has 1 heterocycles. The minimum atomic E-state index is -0.175. The Balaban J connectivity index is 2.14. The number of para-hydroxylation sites is 2. The Hall–Kier alpha value is -1.04. The summed E-state index contributed by atoms with van der Waals surface area (Å²) in [6, 6.07) is 7.69. The summed E-state index contributed by atoms with van der Waals surface area (Å²) in [5, 5.41) is 0. The molecule has 17 heavy (non-hydrogen) atoms. The summed E-state index contributed by atoms with van der Waals surface area (Å²) in [7, 11) is 0. The lowest BCUT2D eigenvalue weighted by molar-refractivity contribution is -0.130. The highest BCUT2D eigenvalue weighted by atomic mass is 127. The number of esters is 1. The highest BCUT2D eigenvalue weighted by molar-refractivity contribution is 14.1.